The summed E-state index contributed by atoms with van der Waals surface area (Å²) in [5.74, 6) is -9.56. The molecule has 1 saturated carbocycles. The molecule has 13 heteroatoms. The topological polar surface area (TPSA) is 186 Å². The van der Waals surface area contributed by atoms with Crippen molar-refractivity contribution in [3.05, 3.63) is 24.3 Å². The third-order valence-corrected chi connectivity index (χ3v) is 7.87. The van der Waals surface area contributed by atoms with Crippen LogP contribution in [0, 0.1) is 23.2 Å². The Bertz CT molecular complexity index is 1290. The van der Waals surface area contributed by atoms with Crippen LogP contribution in [0.4, 0.5) is 0 Å². The van der Waals surface area contributed by atoms with E-state index in [1.807, 2.05) is 0 Å². The van der Waals surface area contributed by atoms with Gasteiger partial charge in [0.05, 0.1) is 11.8 Å². The first-order chi connectivity index (χ1) is 20.5. The van der Waals surface area contributed by atoms with E-state index in [9.17, 15) is 38.7 Å². The Morgan fingerprint density at radius 1 is 0.822 bits per heavy atom. The van der Waals surface area contributed by atoms with Crippen LogP contribution < -0.4 is 0 Å². The zero-order chi connectivity index (χ0) is 34.8. The number of carbonyl (C=O) groups excluding carboxylic acids is 7. The van der Waals surface area contributed by atoms with E-state index in [2.05, 4.69) is 6.58 Å². The summed E-state index contributed by atoms with van der Waals surface area (Å²) in [7, 11) is 0. The van der Waals surface area contributed by atoms with Gasteiger partial charge in [-0.25, -0.2) is 0 Å². The van der Waals surface area contributed by atoms with Gasteiger partial charge in [-0.1, -0.05) is 39.5 Å². The Morgan fingerprint density at radius 2 is 1.33 bits per heavy atom. The average Bonchev–Trinajstić information content (AvgIpc) is 3.10. The highest BCUT2D eigenvalue weighted by atomic mass is 16.6. The van der Waals surface area contributed by atoms with E-state index < -0.39 is 107 Å². The van der Waals surface area contributed by atoms with Crippen LogP contribution in [0.2, 0.25) is 0 Å². The molecule has 0 radical (unpaired) electrons. The molecule has 2 rings (SSSR count). The molecule has 2 aliphatic carbocycles. The predicted molar refractivity (Wildman–Crippen MR) is 156 cm³/mol. The highest BCUT2D eigenvalue weighted by Crippen LogP contribution is 2.52. The number of aliphatic hydroxyl groups is 1. The van der Waals surface area contributed by atoms with Crippen LogP contribution in [0.5, 0.6) is 0 Å². The molecule has 13 nitrogen and oxygen atoms in total. The third-order valence-electron chi connectivity index (χ3n) is 7.87. The number of rotatable bonds is 6. The largest absolute Gasteiger partial charge is 0.459 e. The normalized spacial score (nSPS) is 34.0. The fourth-order valence-electron chi connectivity index (χ4n) is 5.88. The zero-order valence-corrected chi connectivity index (χ0v) is 27.5. The molecular weight excluding hydrogens is 592 g/mol. The number of carbonyl (C=O) groups is 7. The number of ketones is 2. The molecule has 0 heterocycles. The molecule has 0 aromatic heterocycles. The van der Waals surface area contributed by atoms with Crippen LogP contribution in [0.3, 0.4) is 0 Å². The van der Waals surface area contributed by atoms with E-state index in [0.717, 1.165) is 27.7 Å². The third kappa shape index (κ3) is 8.05. The number of ether oxygens (including phenoxy) is 5. The fraction of sp³-hybridized carbons (Fsp3) is 0.656. The summed E-state index contributed by atoms with van der Waals surface area (Å²) in [6, 6.07) is 0. The van der Waals surface area contributed by atoms with Gasteiger partial charge < -0.3 is 28.8 Å². The number of allylic oxidation sites excluding steroid dienone is 2. The fourth-order valence-corrected chi connectivity index (χ4v) is 5.88. The summed E-state index contributed by atoms with van der Waals surface area (Å²) in [6.45, 7) is 16.8. The van der Waals surface area contributed by atoms with Crippen LogP contribution in [-0.2, 0) is 57.2 Å². The summed E-state index contributed by atoms with van der Waals surface area (Å²) in [5.41, 5.74) is -6.17. The molecule has 0 spiro atoms. The summed E-state index contributed by atoms with van der Waals surface area (Å²) in [4.78, 5) is 91.5. The maximum absolute atomic E-state index is 14.4. The lowest BCUT2D eigenvalue weighted by Crippen LogP contribution is -2.58. The number of esters is 5. The van der Waals surface area contributed by atoms with Crippen molar-refractivity contribution in [2.24, 2.45) is 23.2 Å². The minimum Gasteiger partial charge on any atom is -0.459 e. The van der Waals surface area contributed by atoms with Crippen molar-refractivity contribution in [2.45, 2.75) is 111 Å². The minimum absolute atomic E-state index is 0.368. The molecule has 0 aromatic carbocycles. The Labute approximate surface area is 262 Å². The Balaban J connectivity index is 3.14. The van der Waals surface area contributed by atoms with E-state index in [1.54, 1.807) is 0 Å². The van der Waals surface area contributed by atoms with Crippen LogP contribution in [-0.4, -0.2) is 82.1 Å². The monoisotopic (exact) mass is 636 g/mol. The molecule has 2 aliphatic rings. The van der Waals surface area contributed by atoms with Crippen LogP contribution >= 0.6 is 0 Å². The van der Waals surface area contributed by atoms with E-state index in [4.69, 9.17) is 23.7 Å². The van der Waals surface area contributed by atoms with E-state index in [-0.39, 0.29) is 5.57 Å². The lowest BCUT2D eigenvalue weighted by Gasteiger charge is -2.42. The van der Waals surface area contributed by atoms with Crippen molar-refractivity contribution in [2.75, 3.05) is 0 Å². The number of hydrogen-bond acceptors (Lipinski definition) is 13. The van der Waals surface area contributed by atoms with Gasteiger partial charge >= 0.3 is 29.8 Å². The van der Waals surface area contributed by atoms with Gasteiger partial charge in [0, 0.05) is 51.0 Å². The molecule has 0 amide bonds. The zero-order valence-electron chi connectivity index (χ0n) is 27.5. The van der Waals surface area contributed by atoms with Gasteiger partial charge in [0.1, 0.15) is 17.8 Å². The molecule has 1 N–H and O–H groups in total. The van der Waals surface area contributed by atoms with E-state index in [1.165, 1.54) is 53.7 Å². The Hall–Kier alpha value is -3.87. The molecule has 4 unspecified atom stereocenters. The average molecular weight is 637 g/mol. The highest BCUT2D eigenvalue weighted by molar-refractivity contribution is 5.95. The van der Waals surface area contributed by atoms with Gasteiger partial charge in [-0.3, -0.25) is 33.6 Å². The SMILES string of the molecule is C=C1C(OC(C)=O)[C@H]2C(OC(C)=O)[C@](C)(O)CC2(OC(C)=O)C(=O)[C@H](C)/C=C/C(C)(C)C(=O)[C@H](OC(=O)C(C)C)C1OC(C)=O. The first-order valence-electron chi connectivity index (χ1n) is 14.6. The second kappa shape index (κ2) is 13.6. The first kappa shape index (κ1) is 37.3. The van der Waals surface area contributed by atoms with E-state index >= 15 is 0 Å². The lowest BCUT2D eigenvalue weighted by molar-refractivity contribution is -0.188. The van der Waals surface area contributed by atoms with Gasteiger partial charge in [0.25, 0.3) is 0 Å². The summed E-state index contributed by atoms with van der Waals surface area (Å²) in [6.07, 6.45) is -4.95. The molecule has 0 aromatic rings. The van der Waals surface area contributed by atoms with Gasteiger partial charge in [-0.2, -0.15) is 0 Å². The van der Waals surface area contributed by atoms with Gasteiger partial charge in [-0.15, -0.1) is 0 Å². The lowest BCUT2D eigenvalue weighted by atomic mass is 9.72. The van der Waals surface area contributed by atoms with Crippen molar-refractivity contribution < 1.29 is 62.4 Å². The van der Waals surface area contributed by atoms with Crippen molar-refractivity contribution in [1.29, 1.82) is 0 Å². The van der Waals surface area contributed by atoms with E-state index in [0.29, 0.717) is 0 Å². The molecule has 0 saturated heterocycles. The molecule has 250 valence electrons. The Kier molecular flexibility index (Phi) is 11.3. The Morgan fingerprint density at radius 3 is 1.80 bits per heavy atom. The summed E-state index contributed by atoms with van der Waals surface area (Å²) < 4.78 is 28.1. The van der Waals surface area contributed by atoms with Crippen LogP contribution in [0.1, 0.15) is 75.7 Å². The quantitative estimate of drug-likeness (QED) is 0.255. The van der Waals surface area contributed by atoms with Gasteiger partial charge in [0.15, 0.2) is 23.3 Å². The smallest absolute Gasteiger partial charge is 0.309 e. The molecular formula is C32H44O13. The molecule has 45 heavy (non-hydrogen) atoms. The van der Waals surface area contributed by atoms with Crippen molar-refractivity contribution in [3.8, 4) is 0 Å². The minimum atomic E-state index is -2.31. The second-order valence-electron chi connectivity index (χ2n) is 12.8. The van der Waals surface area contributed by atoms with Gasteiger partial charge in [-0.05, 0) is 20.8 Å². The van der Waals surface area contributed by atoms with Crippen molar-refractivity contribution >= 4 is 41.4 Å². The molecule has 1 fully saturated rings. The predicted octanol–water partition coefficient (Wildman–Crippen LogP) is 2.35. The maximum Gasteiger partial charge on any atom is 0.309 e. The molecule has 8 atom stereocenters. The number of fused-ring (bicyclic) bond motifs is 1. The number of hydrogen-bond donors (Lipinski definition) is 1. The standard InChI is InChI=1S/C32H44O13/c1-15(2)29(39)44-25-24(42-19(6)34)17(4)23(41-18(5)33)22-28(43-20(7)35)31(11,40)14-32(22,45-21(8)36)26(37)16(3)12-13-30(9,10)27(25)38/h12-13,15-16,22-25,28,40H,4,14H2,1-3,5-11H3/b13-12+/t16-,22+,23?,24?,25-,28?,31-,32?/m1/s1. The van der Waals surface area contributed by atoms with Crippen LogP contribution in [0.25, 0.3) is 0 Å². The van der Waals surface area contributed by atoms with Crippen molar-refractivity contribution in [1.82, 2.24) is 0 Å². The second-order valence-corrected chi connectivity index (χ2v) is 12.8. The maximum atomic E-state index is 14.4. The van der Waals surface area contributed by atoms with Crippen molar-refractivity contribution in [3.63, 3.8) is 0 Å². The van der Waals surface area contributed by atoms with Crippen LogP contribution in [0.15, 0.2) is 24.3 Å². The summed E-state index contributed by atoms with van der Waals surface area (Å²) in [5, 5.41) is 11.6. The first-order valence-corrected chi connectivity index (χ1v) is 14.6. The number of Topliss-reactive ketones (excluding diaryl/α,β-unsaturated/α-hetero) is 2. The molecule has 0 aliphatic heterocycles. The summed E-state index contributed by atoms with van der Waals surface area (Å²) >= 11 is 0. The van der Waals surface area contributed by atoms with Gasteiger partial charge in [0.2, 0.25) is 6.10 Å². The molecule has 0 bridgehead atoms. The highest BCUT2D eigenvalue weighted by Gasteiger charge is 2.70.